The van der Waals surface area contributed by atoms with E-state index >= 15 is 0 Å². The molecule has 0 radical (unpaired) electrons. The van der Waals surface area contributed by atoms with E-state index in [0.29, 0.717) is 0 Å². The highest BCUT2D eigenvalue weighted by Gasteiger charge is 2.06. The molecular formula is C14H24N4O2S2. The second kappa shape index (κ2) is 9.70. The SMILES string of the molecule is CCNC(=NCCSC)NCCc1ccc(S(N)(=O)=O)cc1. The standard InChI is InChI=1S/C14H24N4O2S2/c1-3-16-14(18-10-11-21-2)17-9-8-12-4-6-13(7-5-12)22(15,19)20/h4-7H,3,8-11H2,1-2H3,(H2,15,19,20)(H2,16,17,18). The van der Waals surface area contributed by atoms with Gasteiger partial charge in [0.1, 0.15) is 0 Å². The van der Waals surface area contributed by atoms with Crippen molar-refractivity contribution in [1.29, 1.82) is 0 Å². The molecule has 4 N–H and O–H groups in total. The molecule has 0 heterocycles. The first kappa shape index (κ1) is 18.8. The quantitative estimate of drug-likeness (QED) is 0.368. The molecule has 22 heavy (non-hydrogen) atoms. The van der Waals surface area contributed by atoms with Crippen LogP contribution in [0.5, 0.6) is 0 Å². The number of nitrogens with zero attached hydrogens (tertiary/aromatic N) is 1. The summed E-state index contributed by atoms with van der Waals surface area (Å²) in [4.78, 5) is 4.59. The summed E-state index contributed by atoms with van der Waals surface area (Å²) in [5.41, 5.74) is 1.04. The Morgan fingerprint density at radius 2 is 1.95 bits per heavy atom. The van der Waals surface area contributed by atoms with E-state index in [4.69, 9.17) is 5.14 Å². The Kier molecular flexibility index (Phi) is 8.29. The number of hydrogen-bond acceptors (Lipinski definition) is 4. The molecule has 0 unspecified atom stereocenters. The molecule has 0 spiro atoms. The maximum Gasteiger partial charge on any atom is 0.238 e. The van der Waals surface area contributed by atoms with Gasteiger partial charge in [0.05, 0.1) is 11.4 Å². The Morgan fingerprint density at radius 1 is 1.27 bits per heavy atom. The first-order valence-corrected chi connectivity index (χ1v) is 10.0. The fourth-order valence-electron chi connectivity index (χ4n) is 1.76. The molecule has 1 aromatic carbocycles. The van der Waals surface area contributed by atoms with Gasteiger partial charge in [-0.1, -0.05) is 12.1 Å². The molecule has 0 bridgehead atoms. The van der Waals surface area contributed by atoms with Crippen molar-refractivity contribution in [3.05, 3.63) is 29.8 Å². The lowest BCUT2D eigenvalue weighted by Crippen LogP contribution is -2.38. The lowest BCUT2D eigenvalue weighted by molar-refractivity contribution is 0.598. The lowest BCUT2D eigenvalue weighted by atomic mass is 10.1. The molecule has 1 aromatic rings. The number of nitrogens with two attached hydrogens (primary N) is 1. The Hall–Kier alpha value is -1.25. The molecule has 0 aliphatic carbocycles. The molecular weight excluding hydrogens is 320 g/mol. The van der Waals surface area contributed by atoms with Gasteiger partial charge in [0.25, 0.3) is 0 Å². The highest BCUT2D eigenvalue weighted by molar-refractivity contribution is 7.98. The van der Waals surface area contributed by atoms with Crippen LogP contribution >= 0.6 is 11.8 Å². The molecule has 0 aliphatic rings. The van der Waals surface area contributed by atoms with Crippen molar-refractivity contribution in [2.75, 3.05) is 31.6 Å². The first-order valence-electron chi connectivity index (χ1n) is 7.10. The minimum Gasteiger partial charge on any atom is -0.357 e. The summed E-state index contributed by atoms with van der Waals surface area (Å²) < 4.78 is 22.4. The third kappa shape index (κ3) is 7.15. The zero-order chi connectivity index (χ0) is 16.4. The van der Waals surface area contributed by atoms with E-state index in [9.17, 15) is 8.42 Å². The molecule has 0 fully saturated rings. The van der Waals surface area contributed by atoms with E-state index in [1.54, 1.807) is 23.9 Å². The molecule has 0 saturated carbocycles. The van der Waals surface area contributed by atoms with Gasteiger partial charge in [-0.05, 0) is 37.3 Å². The van der Waals surface area contributed by atoms with Crippen molar-refractivity contribution in [1.82, 2.24) is 10.6 Å². The molecule has 0 aromatic heterocycles. The number of rotatable bonds is 8. The summed E-state index contributed by atoms with van der Waals surface area (Å²) in [7, 11) is -3.62. The van der Waals surface area contributed by atoms with Crippen LogP contribution in [0.15, 0.2) is 34.2 Å². The van der Waals surface area contributed by atoms with Gasteiger partial charge in [-0.2, -0.15) is 11.8 Å². The van der Waals surface area contributed by atoms with Crippen molar-refractivity contribution in [3.63, 3.8) is 0 Å². The van der Waals surface area contributed by atoms with Crippen molar-refractivity contribution in [2.45, 2.75) is 18.2 Å². The van der Waals surface area contributed by atoms with Crippen molar-refractivity contribution >= 4 is 27.7 Å². The van der Waals surface area contributed by atoms with E-state index in [0.717, 1.165) is 43.3 Å². The number of nitrogens with one attached hydrogen (secondary N) is 2. The predicted octanol–water partition coefficient (Wildman–Crippen LogP) is 0.795. The number of benzene rings is 1. The van der Waals surface area contributed by atoms with Crippen LogP contribution in [0.2, 0.25) is 0 Å². The van der Waals surface area contributed by atoms with Gasteiger partial charge in [0, 0.05) is 18.8 Å². The molecule has 8 heteroatoms. The van der Waals surface area contributed by atoms with Gasteiger partial charge in [-0.15, -0.1) is 0 Å². The first-order chi connectivity index (χ1) is 10.5. The lowest BCUT2D eigenvalue weighted by Gasteiger charge is -2.11. The molecule has 0 amide bonds. The number of thioether (sulfide) groups is 1. The number of hydrogen-bond donors (Lipinski definition) is 3. The topological polar surface area (TPSA) is 96.6 Å². The largest absolute Gasteiger partial charge is 0.357 e. The fourth-order valence-corrected chi connectivity index (χ4v) is 2.55. The van der Waals surface area contributed by atoms with Crippen molar-refractivity contribution in [2.24, 2.45) is 10.1 Å². The summed E-state index contributed by atoms with van der Waals surface area (Å²) in [6.45, 7) is 4.34. The molecule has 124 valence electrons. The maximum absolute atomic E-state index is 11.2. The summed E-state index contributed by atoms with van der Waals surface area (Å²) in [6.07, 6.45) is 2.83. The van der Waals surface area contributed by atoms with Gasteiger partial charge in [0.2, 0.25) is 10.0 Å². The zero-order valence-electron chi connectivity index (χ0n) is 13.0. The van der Waals surface area contributed by atoms with Gasteiger partial charge in [-0.25, -0.2) is 13.6 Å². The van der Waals surface area contributed by atoms with Gasteiger partial charge in [-0.3, -0.25) is 4.99 Å². The summed E-state index contributed by atoms with van der Waals surface area (Å²) in [5.74, 6) is 1.80. The van der Waals surface area contributed by atoms with Gasteiger partial charge >= 0.3 is 0 Å². The van der Waals surface area contributed by atoms with E-state index in [1.165, 1.54) is 12.1 Å². The third-order valence-corrected chi connectivity index (χ3v) is 4.39. The average Bonchev–Trinajstić information content (AvgIpc) is 2.47. The Labute approximate surface area is 137 Å². The van der Waals surface area contributed by atoms with Crippen LogP contribution in [0.25, 0.3) is 0 Å². The van der Waals surface area contributed by atoms with E-state index < -0.39 is 10.0 Å². The normalized spacial score (nSPS) is 12.2. The van der Waals surface area contributed by atoms with Crippen molar-refractivity contribution < 1.29 is 8.42 Å². The van der Waals surface area contributed by atoms with E-state index in [-0.39, 0.29) is 4.90 Å². The minimum atomic E-state index is -3.62. The van der Waals surface area contributed by atoms with Crippen LogP contribution in [0.1, 0.15) is 12.5 Å². The Morgan fingerprint density at radius 3 is 2.50 bits per heavy atom. The highest BCUT2D eigenvalue weighted by atomic mass is 32.2. The molecule has 0 aliphatic heterocycles. The van der Waals surface area contributed by atoms with Crippen molar-refractivity contribution in [3.8, 4) is 0 Å². The van der Waals surface area contributed by atoms with Crippen LogP contribution in [-0.2, 0) is 16.4 Å². The fraction of sp³-hybridized carbons (Fsp3) is 0.500. The second-order valence-electron chi connectivity index (χ2n) is 4.62. The third-order valence-electron chi connectivity index (χ3n) is 2.87. The number of sulfonamides is 1. The molecule has 6 nitrogen and oxygen atoms in total. The predicted molar refractivity (Wildman–Crippen MR) is 93.9 cm³/mol. The highest BCUT2D eigenvalue weighted by Crippen LogP contribution is 2.08. The summed E-state index contributed by atoms with van der Waals surface area (Å²) in [5, 5.41) is 11.5. The van der Waals surface area contributed by atoms with Crippen LogP contribution in [-0.4, -0.2) is 46.0 Å². The van der Waals surface area contributed by atoms with Crippen LogP contribution < -0.4 is 15.8 Å². The molecule has 0 atom stereocenters. The average molecular weight is 345 g/mol. The monoisotopic (exact) mass is 344 g/mol. The number of guanidine groups is 1. The molecule has 1 rings (SSSR count). The van der Waals surface area contributed by atoms with Crippen LogP contribution in [0.4, 0.5) is 0 Å². The molecule has 0 saturated heterocycles. The van der Waals surface area contributed by atoms with E-state index in [2.05, 4.69) is 21.9 Å². The summed E-state index contributed by atoms with van der Waals surface area (Å²) >= 11 is 1.76. The van der Waals surface area contributed by atoms with Gasteiger partial charge < -0.3 is 10.6 Å². The van der Waals surface area contributed by atoms with Gasteiger partial charge in [0.15, 0.2) is 5.96 Å². The number of aliphatic imine (C=N–C) groups is 1. The Balaban J connectivity index is 2.49. The minimum absolute atomic E-state index is 0.135. The summed E-state index contributed by atoms with van der Waals surface area (Å²) in [6, 6.07) is 6.61. The Bertz CT molecular complexity index is 571. The maximum atomic E-state index is 11.2. The zero-order valence-corrected chi connectivity index (χ0v) is 14.6. The second-order valence-corrected chi connectivity index (χ2v) is 7.17. The number of primary sulfonamides is 1. The van der Waals surface area contributed by atoms with Crippen LogP contribution in [0.3, 0.4) is 0 Å². The van der Waals surface area contributed by atoms with E-state index in [1.807, 2.05) is 6.92 Å². The van der Waals surface area contributed by atoms with Crippen LogP contribution in [0, 0.1) is 0 Å². The smallest absolute Gasteiger partial charge is 0.238 e.